The second-order valence-corrected chi connectivity index (χ2v) is 5.32. The summed E-state index contributed by atoms with van der Waals surface area (Å²) in [5, 5.41) is 12.7. The van der Waals surface area contributed by atoms with Gasteiger partial charge in [0.05, 0.1) is 17.8 Å². The highest BCUT2D eigenvalue weighted by Crippen LogP contribution is 2.28. The van der Waals surface area contributed by atoms with Gasteiger partial charge in [-0.25, -0.2) is 4.90 Å². The summed E-state index contributed by atoms with van der Waals surface area (Å²) in [7, 11) is 0. The zero-order valence-corrected chi connectivity index (χ0v) is 12.1. The predicted molar refractivity (Wildman–Crippen MR) is 83.8 cm³/mol. The van der Waals surface area contributed by atoms with E-state index >= 15 is 0 Å². The Morgan fingerprint density at radius 2 is 1.77 bits per heavy atom. The number of carbonyl (C=O) groups excluding carboxylic acids is 2. The van der Waals surface area contributed by atoms with Gasteiger partial charge in [-0.1, -0.05) is 29.8 Å². The van der Waals surface area contributed by atoms with Crippen LogP contribution in [0.4, 0.5) is 11.4 Å². The van der Waals surface area contributed by atoms with Crippen molar-refractivity contribution >= 4 is 23.2 Å². The minimum Gasteiger partial charge on any atom is -0.506 e. The Balaban J connectivity index is 1.82. The van der Waals surface area contributed by atoms with Gasteiger partial charge in [-0.3, -0.25) is 9.59 Å². The molecule has 22 heavy (non-hydrogen) atoms. The number of para-hydroxylation sites is 2. The van der Waals surface area contributed by atoms with Crippen LogP contribution in [-0.4, -0.2) is 23.0 Å². The lowest BCUT2D eigenvalue weighted by Crippen LogP contribution is -2.34. The van der Waals surface area contributed by atoms with Crippen molar-refractivity contribution in [1.82, 2.24) is 0 Å². The van der Waals surface area contributed by atoms with E-state index in [1.165, 1.54) is 11.0 Å². The summed E-state index contributed by atoms with van der Waals surface area (Å²) in [5.41, 5.74) is 2.08. The summed E-state index contributed by atoms with van der Waals surface area (Å²) in [4.78, 5) is 25.8. The van der Waals surface area contributed by atoms with Crippen molar-refractivity contribution in [3.05, 3.63) is 54.1 Å². The van der Waals surface area contributed by atoms with E-state index in [9.17, 15) is 14.7 Å². The molecule has 112 valence electrons. The SMILES string of the molecule is Cc1ccc(N2C(=O)CC(Nc3ccccc3O)C2=O)cc1. The quantitative estimate of drug-likeness (QED) is 0.674. The number of nitrogens with zero attached hydrogens (tertiary/aromatic N) is 1. The first-order chi connectivity index (χ1) is 10.6. The summed E-state index contributed by atoms with van der Waals surface area (Å²) in [6.07, 6.45) is 0.0705. The van der Waals surface area contributed by atoms with Crippen molar-refractivity contribution in [2.45, 2.75) is 19.4 Å². The van der Waals surface area contributed by atoms with E-state index in [1.54, 1.807) is 30.3 Å². The van der Waals surface area contributed by atoms with Gasteiger partial charge in [0.25, 0.3) is 5.91 Å². The number of carbonyl (C=O) groups is 2. The maximum absolute atomic E-state index is 12.5. The Hall–Kier alpha value is -2.82. The van der Waals surface area contributed by atoms with E-state index in [2.05, 4.69) is 5.32 Å². The fourth-order valence-electron chi connectivity index (χ4n) is 2.49. The standard InChI is InChI=1S/C17H16N2O3/c1-11-6-8-12(9-7-11)19-16(21)10-14(17(19)22)18-13-4-2-3-5-15(13)20/h2-9,14,18,20H,10H2,1H3. The first kappa shape index (κ1) is 14.1. The van der Waals surface area contributed by atoms with Crippen LogP contribution < -0.4 is 10.2 Å². The summed E-state index contributed by atoms with van der Waals surface area (Å²) in [5.74, 6) is -0.504. The van der Waals surface area contributed by atoms with E-state index in [0.717, 1.165) is 5.56 Å². The Morgan fingerprint density at radius 3 is 2.45 bits per heavy atom. The second kappa shape index (κ2) is 5.52. The molecular weight excluding hydrogens is 280 g/mol. The minimum absolute atomic E-state index is 0.0523. The number of benzene rings is 2. The number of aromatic hydroxyl groups is 1. The molecule has 1 heterocycles. The zero-order chi connectivity index (χ0) is 15.7. The number of phenols is 1. The third-order valence-electron chi connectivity index (χ3n) is 3.67. The fourth-order valence-corrected chi connectivity index (χ4v) is 2.49. The molecule has 0 saturated carbocycles. The van der Waals surface area contributed by atoms with Gasteiger partial charge in [-0.05, 0) is 31.2 Å². The Labute approximate surface area is 128 Å². The minimum atomic E-state index is -0.665. The van der Waals surface area contributed by atoms with E-state index in [0.29, 0.717) is 11.4 Å². The maximum atomic E-state index is 12.5. The van der Waals surface area contributed by atoms with Crippen LogP contribution in [0.3, 0.4) is 0 Å². The highest BCUT2D eigenvalue weighted by atomic mass is 16.3. The lowest BCUT2D eigenvalue weighted by molar-refractivity contribution is -0.121. The van der Waals surface area contributed by atoms with Gasteiger partial charge in [0.15, 0.2) is 0 Å². The van der Waals surface area contributed by atoms with Gasteiger partial charge in [0, 0.05) is 0 Å². The molecule has 1 unspecified atom stereocenters. The molecule has 1 aliphatic heterocycles. The van der Waals surface area contributed by atoms with Crippen LogP contribution in [0.25, 0.3) is 0 Å². The first-order valence-corrected chi connectivity index (χ1v) is 7.04. The molecule has 0 bridgehead atoms. The van der Waals surface area contributed by atoms with Crippen molar-refractivity contribution in [1.29, 1.82) is 0 Å². The molecular formula is C17H16N2O3. The third kappa shape index (κ3) is 2.53. The zero-order valence-electron chi connectivity index (χ0n) is 12.1. The highest BCUT2D eigenvalue weighted by Gasteiger charge is 2.39. The molecule has 3 rings (SSSR count). The van der Waals surface area contributed by atoms with Gasteiger partial charge in [0.1, 0.15) is 11.8 Å². The topological polar surface area (TPSA) is 69.6 Å². The van der Waals surface area contributed by atoms with Crippen LogP contribution in [0.2, 0.25) is 0 Å². The molecule has 2 amide bonds. The summed E-state index contributed by atoms with van der Waals surface area (Å²) >= 11 is 0. The van der Waals surface area contributed by atoms with Crippen molar-refractivity contribution in [2.24, 2.45) is 0 Å². The molecule has 0 aromatic heterocycles. The molecule has 0 aliphatic carbocycles. The third-order valence-corrected chi connectivity index (χ3v) is 3.67. The van der Waals surface area contributed by atoms with E-state index in [-0.39, 0.29) is 24.0 Å². The van der Waals surface area contributed by atoms with Gasteiger partial charge in [0.2, 0.25) is 5.91 Å². The largest absolute Gasteiger partial charge is 0.506 e. The Bertz CT molecular complexity index is 725. The van der Waals surface area contributed by atoms with Crippen LogP contribution in [0.5, 0.6) is 5.75 Å². The molecule has 2 N–H and O–H groups in total. The lowest BCUT2D eigenvalue weighted by Gasteiger charge is -2.16. The molecule has 5 heteroatoms. The van der Waals surface area contributed by atoms with Crippen LogP contribution in [-0.2, 0) is 9.59 Å². The Morgan fingerprint density at radius 1 is 1.09 bits per heavy atom. The van der Waals surface area contributed by atoms with Gasteiger partial charge >= 0.3 is 0 Å². The summed E-state index contributed by atoms with van der Waals surface area (Å²) in [6.45, 7) is 1.94. The number of nitrogens with one attached hydrogen (secondary N) is 1. The maximum Gasteiger partial charge on any atom is 0.256 e. The van der Waals surface area contributed by atoms with Crippen molar-refractivity contribution in [2.75, 3.05) is 10.2 Å². The second-order valence-electron chi connectivity index (χ2n) is 5.32. The van der Waals surface area contributed by atoms with Crippen LogP contribution in [0, 0.1) is 6.92 Å². The number of imide groups is 1. The smallest absolute Gasteiger partial charge is 0.256 e. The Kier molecular flexibility index (Phi) is 3.55. The van der Waals surface area contributed by atoms with Gasteiger partial charge in [-0.2, -0.15) is 0 Å². The molecule has 1 atom stereocenters. The average molecular weight is 296 g/mol. The molecule has 0 radical (unpaired) electrons. The van der Waals surface area contributed by atoms with Crippen LogP contribution in [0.15, 0.2) is 48.5 Å². The van der Waals surface area contributed by atoms with E-state index < -0.39 is 6.04 Å². The number of rotatable bonds is 3. The number of anilines is 2. The van der Waals surface area contributed by atoms with Gasteiger partial charge in [-0.15, -0.1) is 0 Å². The van der Waals surface area contributed by atoms with Crippen molar-refractivity contribution in [3.8, 4) is 5.75 Å². The van der Waals surface area contributed by atoms with Crippen LogP contribution >= 0.6 is 0 Å². The van der Waals surface area contributed by atoms with Crippen LogP contribution in [0.1, 0.15) is 12.0 Å². The van der Waals surface area contributed by atoms with E-state index in [4.69, 9.17) is 0 Å². The summed E-state index contributed by atoms with van der Waals surface area (Å²) in [6, 6.07) is 13.2. The normalized spacial score (nSPS) is 17.9. The number of aryl methyl sites for hydroxylation is 1. The monoisotopic (exact) mass is 296 g/mol. The molecule has 1 aliphatic rings. The van der Waals surface area contributed by atoms with Gasteiger partial charge < -0.3 is 10.4 Å². The predicted octanol–water partition coefficient (Wildman–Crippen LogP) is 2.44. The highest BCUT2D eigenvalue weighted by molar-refractivity contribution is 6.23. The lowest BCUT2D eigenvalue weighted by atomic mass is 10.2. The molecule has 2 aromatic rings. The number of amides is 2. The van der Waals surface area contributed by atoms with Crippen molar-refractivity contribution in [3.63, 3.8) is 0 Å². The average Bonchev–Trinajstić information content (AvgIpc) is 2.77. The number of hydrogen-bond donors (Lipinski definition) is 2. The molecule has 2 aromatic carbocycles. The molecule has 1 saturated heterocycles. The van der Waals surface area contributed by atoms with Crippen molar-refractivity contribution < 1.29 is 14.7 Å². The molecule has 1 fully saturated rings. The molecule has 5 nitrogen and oxygen atoms in total. The first-order valence-electron chi connectivity index (χ1n) is 7.04. The summed E-state index contributed by atoms with van der Waals surface area (Å²) < 4.78 is 0. The number of phenolic OH excluding ortho intramolecular Hbond substituents is 1. The number of hydrogen-bond acceptors (Lipinski definition) is 4. The van der Waals surface area contributed by atoms with E-state index in [1.807, 2.05) is 19.1 Å². The molecule has 0 spiro atoms. The fraction of sp³-hybridized carbons (Fsp3) is 0.176.